The number of nitrogens with zero attached hydrogens (tertiary/aromatic N) is 2. The third-order valence-electron chi connectivity index (χ3n) is 3.60. The van der Waals surface area contributed by atoms with Crippen molar-refractivity contribution in [1.82, 2.24) is 9.55 Å². The molecule has 0 amide bonds. The van der Waals surface area contributed by atoms with Crippen LogP contribution in [0.25, 0.3) is 11.0 Å². The number of aryl methyl sites for hydroxylation is 1. The van der Waals surface area contributed by atoms with Gasteiger partial charge in [-0.25, -0.2) is 4.98 Å². The first kappa shape index (κ1) is 13.6. The summed E-state index contributed by atoms with van der Waals surface area (Å²) in [5.74, 6) is 4.18. The number of alkyl halides is 1. The molecule has 0 radical (unpaired) electrons. The number of hydrogen-bond acceptors (Lipinski definition) is 2. The highest BCUT2D eigenvalue weighted by Crippen LogP contribution is 2.32. The van der Waals surface area contributed by atoms with Gasteiger partial charge < -0.3 is 4.57 Å². The molecule has 0 spiro atoms. The van der Waals surface area contributed by atoms with E-state index in [1.807, 2.05) is 23.9 Å². The number of rotatable bonds is 3. The third kappa shape index (κ3) is 2.74. The molecule has 3 rings (SSSR count). The van der Waals surface area contributed by atoms with Crippen LogP contribution < -0.4 is 0 Å². The van der Waals surface area contributed by atoms with E-state index in [0.29, 0.717) is 11.9 Å². The summed E-state index contributed by atoms with van der Waals surface area (Å²) in [4.78, 5) is 4.73. The van der Waals surface area contributed by atoms with Gasteiger partial charge in [-0.05, 0) is 42.5 Å². The van der Waals surface area contributed by atoms with E-state index >= 15 is 0 Å². The van der Waals surface area contributed by atoms with Crippen molar-refractivity contribution < 1.29 is 0 Å². The number of halogens is 2. The van der Waals surface area contributed by atoms with Crippen molar-refractivity contribution in [2.45, 2.75) is 25.3 Å². The van der Waals surface area contributed by atoms with Gasteiger partial charge in [-0.3, -0.25) is 0 Å². The Labute approximate surface area is 127 Å². The van der Waals surface area contributed by atoms with E-state index in [9.17, 15) is 0 Å². The Morgan fingerprint density at radius 3 is 2.84 bits per heavy atom. The fraction of sp³-hybridized carbons (Fsp3) is 0.500. The Bertz CT molecular complexity index is 576. The van der Waals surface area contributed by atoms with E-state index in [4.69, 9.17) is 28.2 Å². The van der Waals surface area contributed by atoms with E-state index in [1.54, 1.807) is 0 Å². The van der Waals surface area contributed by atoms with E-state index in [0.717, 1.165) is 22.8 Å². The lowest BCUT2D eigenvalue weighted by Gasteiger charge is -2.25. The van der Waals surface area contributed by atoms with Crippen molar-refractivity contribution in [3.63, 3.8) is 0 Å². The SMILES string of the molecule is ClCCc1nc2cc(Cl)ccc2n1C1CCSCC1. The third-order valence-corrected chi connectivity index (χ3v) is 5.07. The molecule has 0 N–H and O–H groups in total. The first-order valence-corrected chi connectivity index (χ1v) is 8.66. The van der Waals surface area contributed by atoms with Gasteiger partial charge in [0.05, 0.1) is 11.0 Å². The summed E-state index contributed by atoms with van der Waals surface area (Å²) >= 11 is 14.0. The second-order valence-electron chi connectivity index (χ2n) is 4.81. The molecule has 1 fully saturated rings. The lowest BCUT2D eigenvalue weighted by molar-refractivity contribution is 0.466. The van der Waals surface area contributed by atoms with E-state index in [1.165, 1.54) is 29.9 Å². The Morgan fingerprint density at radius 2 is 2.11 bits per heavy atom. The number of imidazole rings is 1. The number of thioether (sulfide) groups is 1. The standard InChI is InChI=1S/C14H16Cl2N2S/c15-6-3-14-17-12-9-10(16)1-2-13(12)18(14)11-4-7-19-8-5-11/h1-2,9,11H,3-8H2. The van der Waals surface area contributed by atoms with Crippen LogP contribution in [0.3, 0.4) is 0 Å². The highest BCUT2D eigenvalue weighted by molar-refractivity contribution is 7.99. The van der Waals surface area contributed by atoms with Crippen LogP contribution in [0.1, 0.15) is 24.7 Å². The van der Waals surface area contributed by atoms with Crippen molar-refractivity contribution >= 4 is 46.0 Å². The van der Waals surface area contributed by atoms with Gasteiger partial charge >= 0.3 is 0 Å². The minimum Gasteiger partial charge on any atom is -0.325 e. The summed E-state index contributed by atoms with van der Waals surface area (Å²) in [6, 6.07) is 6.54. The number of aromatic nitrogens is 2. The Balaban J connectivity index is 2.09. The first-order chi connectivity index (χ1) is 9.29. The Kier molecular flexibility index (Phi) is 4.25. The van der Waals surface area contributed by atoms with Crippen LogP contribution >= 0.6 is 35.0 Å². The van der Waals surface area contributed by atoms with E-state index in [-0.39, 0.29) is 0 Å². The van der Waals surface area contributed by atoms with Gasteiger partial charge in [0.15, 0.2) is 0 Å². The summed E-state index contributed by atoms with van der Waals surface area (Å²) in [5, 5.41) is 0.744. The molecule has 0 aliphatic carbocycles. The quantitative estimate of drug-likeness (QED) is 0.774. The molecule has 5 heteroatoms. The maximum Gasteiger partial charge on any atom is 0.111 e. The Morgan fingerprint density at radius 1 is 1.32 bits per heavy atom. The molecule has 0 bridgehead atoms. The molecule has 0 atom stereocenters. The van der Waals surface area contributed by atoms with Gasteiger partial charge in [0.25, 0.3) is 0 Å². The number of benzene rings is 1. The molecule has 2 heterocycles. The van der Waals surface area contributed by atoms with Crippen LogP contribution in [0.4, 0.5) is 0 Å². The van der Waals surface area contributed by atoms with Crippen molar-refractivity contribution in [3.05, 3.63) is 29.0 Å². The lowest BCUT2D eigenvalue weighted by atomic mass is 10.1. The largest absolute Gasteiger partial charge is 0.325 e. The predicted octanol–water partition coefficient (Wildman–Crippen LogP) is 4.54. The molecule has 1 saturated heterocycles. The van der Waals surface area contributed by atoms with Crippen LogP contribution in [-0.2, 0) is 6.42 Å². The normalized spacial score (nSPS) is 17.2. The zero-order chi connectivity index (χ0) is 13.2. The summed E-state index contributed by atoms with van der Waals surface area (Å²) in [6.07, 6.45) is 3.25. The van der Waals surface area contributed by atoms with Gasteiger partial charge in [-0.1, -0.05) is 11.6 Å². The molecule has 0 saturated carbocycles. The lowest BCUT2D eigenvalue weighted by Crippen LogP contribution is -2.17. The molecule has 1 aromatic heterocycles. The first-order valence-electron chi connectivity index (χ1n) is 6.59. The van der Waals surface area contributed by atoms with Gasteiger partial charge in [-0.2, -0.15) is 11.8 Å². The zero-order valence-electron chi connectivity index (χ0n) is 10.6. The van der Waals surface area contributed by atoms with Crippen molar-refractivity contribution in [3.8, 4) is 0 Å². The summed E-state index contributed by atoms with van der Waals surface area (Å²) in [6.45, 7) is 0. The van der Waals surface area contributed by atoms with Gasteiger partial charge in [0.2, 0.25) is 0 Å². The van der Waals surface area contributed by atoms with E-state index in [2.05, 4.69) is 10.6 Å². The molecule has 2 aromatic rings. The highest BCUT2D eigenvalue weighted by atomic mass is 35.5. The topological polar surface area (TPSA) is 17.8 Å². The molecule has 19 heavy (non-hydrogen) atoms. The summed E-state index contributed by atoms with van der Waals surface area (Å²) in [7, 11) is 0. The molecule has 1 aliphatic rings. The van der Waals surface area contributed by atoms with Crippen LogP contribution in [0.5, 0.6) is 0 Å². The van der Waals surface area contributed by atoms with Crippen molar-refractivity contribution in [1.29, 1.82) is 0 Å². The predicted molar refractivity (Wildman–Crippen MR) is 84.8 cm³/mol. The summed E-state index contributed by atoms with van der Waals surface area (Å²) < 4.78 is 2.40. The summed E-state index contributed by atoms with van der Waals surface area (Å²) in [5.41, 5.74) is 2.19. The maximum atomic E-state index is 6.06. The fourth-order valence-corrected chi connectivity index (χ4v) is 4.15. The molecule has 1 aromatic carbocycles. The highest BCUT2D eigenvalue weighted by Gasteiger charge is 2.21. The Hall–Kier alpha value is -0.380. The number of hydrogen-bond donors (Lipinski definition) is 0. The molecule has 2 nitrogen and oxygen atoms in total. The zero-order valence-corrected chi connectivity index (χ0v) is 12.9. The van der Waals surface area contributed by atoms with Crippen molar-refractivity contribution in [2.75, 3.05) is 17.4 Å². The average Bonchev–Trinajstić information content (AvgIpc) is 2.77. The molecule has 1 aliphatic heterocycles. The van der Waals surface area contributed by atoms with Crippen LogP contribution in [0.2, 0.25) is 5.02 Å². The second-order valence-corrected chi connectivity index (χ2v) is 6.85. The van der Waals surface area contributed by atoms with Crippen molar-refractivity contribution in [2.24, 2.45) is 0 Å². The van der Waals surface area contributed by atoms with Crippen LogP contribution in [0, 0.1) is 0 Å². The molecular formula is C14H16Cl2N2S. The van der Waals surface area contributed by atoms with Gasteiger partial charge in [-0.15, -0.1) is 11.6 Å². The monoisotopic (exact) mass is 314 g/mol. The molecular weight excluding hydrogens is 299 g/mol. The van der Waals surface area contributed by atoms with Crippen LogP contribution in [0.15, 0.2) is 18.2 Å². The minimum atomic E-state index is 0.561. The average molecular weight is 315 g/mol. The van der Waals surface area contributed by atoms with E-state index < -0.39 is 0 Å². The fourth-order valence-electron chi connectivity index (χ4n) is 2.73. The molecule has 0 unspecified atom stereocenters. The smallest absolute Gasteiger partial charge is 0.111 e. The maximum absolute atomic E-state index is 6.06. The van der Waals surface area contributed by atoms with Gasteiger partial charge in [0.1, 0.15) is 5.82 Å². The molecule has 102 valence electrons. The van der Waals surface area contributed by atoms with Gasteiger partial charge in [0, 0.05) is 23.4 Å². The number of fused-ring (bicyclic) bond motifs is 1. The second kappa shape index (κ2) is 5.94. The van der Waals surface area contributed by atoms with Crippen LogP contribution in [-0.4, -0.2) is 26.9 Å². The minimum absolute atomic E-state index is 0.561.